The Labute approximate surface area is 116 Å². The average molecular weight is 276 g/mol. The summed E-state index contributed by atoms with van der Waals surface area (Å²) in [6, 6.07) is 0. The van der Waals surface area contributed by atoms with Crippen LogP contribution in [0, 0.1) is 29.6 Å². The number of fused-ring (bicyclic) bond motifs is 1. The first-order valence-corrected chi connectivity index (χ1v) is 7.44. The summed E-state index contributed by atoms with van der Waals surface area (Å²) in [7, 11) is 0. The van der Waals surface area contributed by atoms with Gasteiger partial charge in [-0.05, 0) is 31.1 Å². The highest BCUT2D eigenvalue weighted by Crippen LogP contribution is 2.54. The first kappa shape index (κ1) is 12.6. The molecule has 2 N–H and O–H groups in total. The molecule has 0 spiro atoms. The van der Waals surface area contributed by atoms with Crippen LogP contribution >= 0.6 is 11.3 Å². The molecule has 4 nitrogen and oxygen atoms in total. The summed E-state index contributed by atoms with van der Waals surface area (Å²) >= 11 is 1.38. The molecular weight excluding hydrogens is 260 g/mol. The number of thiazole rings is 1. The number of hydrogen-bond acceptors (Lipinski definition) is 4. The van der Waals surface area contributed by atoms with Crippen LogP contribution in [0.1, 0.15) is 30.6 Å². The van der Waals surface area contributed by atoms with Gasteiger partial charge in [0.25, 0.3) is 0 Å². The molecule has 3 rings (SSSR count). The van der Waals surface area contributed by atoms with Crippen LogP contribution in [0.5, 0.6) is 0 Å². The van der Waals surface area contributed by atoms with E-state index in [1.54, 1.807) is 6.20 Å². The molecule has 0 aromatic carbocycles. The van der Waals surface area contributed by atoms with E-state index in [1.807, 2.05) is 0 Å². The van der Waals surface area contributed by atoms with E-state index in [9.17, 15) is 4.79 Å². The van der Waals surface area contributed by atoms with Crippen molar-refractivity contribution in [3.63, 3.8) is 0 Å². The fourth-order valence-electron chi connectivity index (χ4n) is 2.73. The van der Waals surface area contributed by atoms with Gasteiger partial charge in [0.15, 0.2) is 5.13 Å². The molecule has 1 amide bonds. The van der Waals surface area contributed by atoms with Crippen molar-refractivity contribution in [3.8, 4) is 11.8 Å². The summed E-state index contributed by atoms with van der Waals surface area (Å²) in [5.41, 5.74) is 0. The molecule has 2 aliphatic carbocycles. The second-order valence-corrected chi connectivity index (χ2v) is 6.25. The van der Waals surface area contributed by atoms with Crippen LogP contribution in [0.25, 0.3) is 0 Å². The van der Waals surface area contributed by atoms with Crippen LogP contribution in [0.3, 0.4) is 0 Å². The lowest BCUT2D eigenvalue weighted by atomic mass is 10.0. The van der Waals surface area contributed by atoms with Gasteiger partial charge in [0.1, 0.15) is 0 Å². The highest BCUT2D eigenvalue weighted by molar-refractivity contribution is 7.16. The third-order valence-corrected chi connectivity index (χ3v) is 4.63. The maximum absolute atomic E-state index is 12.0. The van der Waals surface area contributed by atoms with Crippen molar-refractivity contribution < 1.29 is 9.90 Å². The minimum Gasteiger partial charge on any atom is -0.395 e. The van der Waals surface area contributed by atoms with Crippen molar-refractivity contribution in [3.05, 3.63) is 11.1 Å². The zero-order chi connectivity index (χ0) is 13.2. The average Bonchev–Trinajstić information content (AvgIpc) is 2.83. The number of nitrogens with zero attached hydrogens (tertiary/aromatic N) is 1. The van der Waals surface area contributed by atoms with Gasteiger partial charge in [0.2, 0.25) is 5.91 Å². The van der Waals surface area contributed by atoms with Crippen LogP contribution < -0.4 is 5.32 Å². The number of carbonyl (C=O) groups is 1. The van der Waals surface area contributed by atoms with Crippen molar-refractivity contribution in [1.82, 2.24) is 4.98 Å². The number of anilines is 1. The molecule has 2 saturated carbocycles. The molecule has 1 aromatic heterocycles. The Kier molecular flexibility index (Phi) is 3.54. The number of amides is 1. The highest BCUT2D eigenvalue weighted by atomic mass is 32.1. The summed E-state index contributed by atoms with van der Waals surface area (Å²) in [6.45, 7) is 0.0689. The Morgan fingerprint density at radius 3 is 3.00 bits per heavy atom. The van der Waals surface area contributed by atoms with Gasteiger partial charge < -0.3 is 10.4 Å². The predicted molar refractivity (Wildman–Crippen MR) is 73.6 cm³/mol. The van der Waals surface area contributed by atoms with E-state index in [0.717, 1.165) is 29.6 Å². The first-order valence-electron chi connectivity index (χ1n) is 6.62. The van der Waals surface area contributed by atoms with Crippen molar-refractivity contribution in [2.75, 3.05) is 11.9 Å². The van der Waals surface area contributed by atoms with Crippen LogP contribution in [0.15, 0.2) is 6.20 Å². The van der Waals surface area contributed by atoms with Crippen LogP contribution in [-0.2, 0) is 4.79 Å². The molecule has 2 aliphatic rings. The summed E-state index contributed by atoms with van der Waals surface area (Å²) in [4.78, 5) is 17.0. The van der Waals surface area contributed by atoms with Crippen molar-refractivity contribution in [1.29, 1.82) is 0 Å². The Bertz CT molecular complexity index is 533. The Morgan fingerprint density at radius 2 is 2.26 bits per heavy atom. The highest BCUT2D eigenvalue weighted by Gasteiger charge is 2.48. The van der Waals surface area contributed by atoms with Crippen LogP contribution in [0.2, 0.25) is 0 Å². The molecule has 1 aromatic rings. The number of rotatable bonds is 3. The van der Waals surface area contributed by atoms with Gasteiger partial charge >= 0.3 is 0 Å². The third kappa shape index (κ3) is 2.96. The van der Waals surface area contributed by atoms with E-state index >= 15 is 0 Å². The largest absolute Gasteiger partial charge is 0.395 e. The minimum atomic E-state index is 0.0689. The molecule has 2 unspecified atom stereocenters. The van der Waals surface area contributed by atoms with Crippen LogP contribution in [0.4, 0.5) is 5.13 Å². The van der Waals surface area contributed by atoms with E-state index in [1.165, 1.54) is 17.8 Å². The van der Waals surface area contributed by atoms with Crippen molar-refractivity contribution in [2.45, 2.75) is 25.7 Å². The summed E-state index contributed by atoms with van der Waals surface area (Å²) in [5, 5.41) is 12.2. The molecule has 0 aliphatic heterocycles. The zero-order valence-corrected chi connectivity index (χ0v) is 11.4. The number of aromatic nitrogens is 1. The maximum Gasteiger partial charge on any atom is 0.229 e. The lowest BCUT2D eigenvalue weighted by molar-refractivity contribution is -0.120. The molecule has 0 bridgehead atoms. The van der Waals surface area contributed by atoms with E-state index in [4.69, 9.17) is 5.11 Å². The molecule has 0 radical (unpaired) electrons. The maximum atomic E-state index is 12.0. The second kappa shape index (κ2) is 5.32. The molecule has 2 fully saturated rings. The molecule has 1 heterocycles. The van der Waals surface area contributed by atoms with E-state index in [2.05, 4.69) is 22.1 Å². The summed E-state index contributed by atoms with van der Waals surface area (Å²) in [6.07, 6.45) is 5.54. The van der Waals surface area contributed by atoms with Gasteiger partial charge in [0, 0.05) is 12.3 Å². The Hall–Kier alpha value is -1.38. The number of aliphatic hydroxyl groups is 1. The monoisotopic (exact) mass is 276 g/mol. The fourth-order valence-corrected chi connectivity index (χ4v) is 3.43. The summed E-state index contributed by atoms with van der Waals surface area (Å²) in [5.74, 6) is 7.67. The van der Waals surface area contributed by atoms with Gasteiger partial charge in [-0.3, -0.25) is 4.79 Å². The topological polar surface area (TPSA) is 62.2 Å². The number of aliphatic hydroxyl groups excluding tert-OH is 1. The molecule has 2 atom stereocenters. The third-order valence-electron chi connectivity index (χ3n) is 3.80. The lowest BCUT2D eigenvalue weighted by Gasteiger charge is -2.09. The summed E-state index contributed by atoms with van der Waals surface area (Å²) < 4.78 is 0. The normalized spacial score (nSPS) is 27.3. The zero-order valence-electron chi connectivity index (χ0n) is 10.6. The van der Waals surface area contributed by atoms with E-state index < -0.39 is 0 Å². The van der Waals surface area contributed by atoms with Gasteiger partial charge in [-0.15, -0.1) is 0 Å². The van der Waals surface area contributed by atoms with Crippen molar-refractivity contribution in [2.24, 2.45) is 17.8 Å². The quantitative estimate of drug-likeness (QED) is 0.828. The Balaban J connectivity index is 1.55. The van der Waals surface area contributed by atoms with E-state index in [0.29, 0.717) is 11.6 Å². The second-order valence-electron chi connectivity index (χ2n) is 5.22. The van der Waals surface area contributed by atoms with Gasteiger partial charge in [-0.1, -0.05) is 23.2 Å². The standard InChI is InChI=1S/C14H16N2O2S/c17-4-2-1-3-12-8-15-14(19-12)16-13(18)11-6-9-5-10(9)7-11/h8-11,17H,2,4-7H2,(H,15,16,18). The fraction of sp³-hybridized carbons (Fsp3) is 0.571. The minimum absolute atomic E-state index is 0.0689. The number of nitrogens with one attached hydrogen (secondary N) is 1. The molecule has 0 saturated heterocycles. The SMILES string of the molecule is O=C(Nc1ncc(C#CCCO)s1)C1CC2CC2C1. The number of hydrogen-bond donors (Lipinski definition) is 2. The smallest absolute Gasteiger partial charge is 0.229 e. The molecular formula is C14H16N2O2S. The first-order chi connectivity index (χ1) is 9.26. The van der Waals surface area contributed by atoms with Gasteiger partial charge in [-0.25, -0.2) is 4.98 Å². The van der Waals surface area contributed by atoms with Gasteiger partial charge in [0.05, 0.1) is 17.7 Å². The van der Waals surface area contributed by atoms with Crippen LogP contribution in [-0.4, -0.2) is 22.6 Å². The Morgan fingerprint density at radius 1 is 1.47 bits per heavy atom. The van der Waals surface area contributed by atoms with Gasteiger partial charge in [-0.2, -0.15) is 0 Å². The van der Waals surface area contributed by atoms with Crippen molar-refractivity contribution >= 4 is 22.4 Å². The number of carbonyl (C=O) groups excluding carboxylic acids is 1. The molecule has 19 heavy (non-hydrogen) atoms. The van der Waals surface area contributed by atoms with E-state index in [-0.39, 0.29) is 18.4 Å². The molecule has 100 valence electrons. The molecule has 5 heteroatoms. The predicted octanol–water partition coefficient (Wildman–Crippen LogP) is 1.86. The lowest BCUT2D eigenvalue weighted by Crippen LogP contribution is -2.21.